The number of benzene rings is 1. The number of likely N-dealkylation sites (tertiary alicyclic amines) is 1. The summed E-state index contributed by atoms with van der Waals surface area (Å²) in [5.74, 6) is 1.25. The molecule has 1 aromatic rings. The van der Waals surface area contributed by atoms with E-state index in [1.165, 1.54) is 5.56 Å². The Balaban J connectivity index is 1.96. The summed E-state index contributed by atoms with van der Waals surface area (Å²) < 4.78 is 5.13. The third-order valence-electron chi connectivity index (χ3n) is 3.15. The second-order valence-corrected chi connectivity index (χ2v) is 4.55. The van der Waals surface area contributed by atoms with Gasteiger partial charge in [-0.25, -0.2) is 0 Å². The van der Waals surface area contributed by atoms with E-state index in [9.17, 15) is 4.79 Å². The van der Waals surface area contributed by atoms with Crippen LogP contribution in [0.15, 0.2) is 24.3 Å². The van der Waals surface area contributed by atoms with Crippen molar-refractivity contribution < 1.29 is 9.53 Å². The van der Waals surface area contributed by atoms with Gasteiger partial charge in [0.25, 0.3) is 0 Å². The van der Waals surface area contributed by atoms with Gasteiger partial charge in [0, 0.05) is 13.0 Å². The molecule has 1 aliphatic heterocycles. The van der Waals surface area contributed by atoms with Crippen molar-refractivity contribution in [1.82, 2.24) is 4.90 Å². The Hall–Kier alpha value is -1.35. The van der Waals surface area contributed by atoms with Gasteiger partial charge >= 0.3 is 0 Å². The zero-order valence-corrected chi connectivity index (χ0v) is 10.3. The summed E-state index contributed by atoms with van der Waals surface area (Å²) in [6.45, 7) is 2.49. The molecule has 0 unspecified atom stereocenters. The van der Waals surface area contributed by atoms with Gasteiger partial charge in [0.05, 0.1) is 13.7 Å². The predicted molar refractivity (Wildman–Crippen MR) is 67.1 cm³/mol. The monoisotopic (exact) mass is 233 g/mol. The third kappa shape index (κ3) is 3.56. The first-order chi connectivity index (χ1) is 8.28. The van der Waals surface area contributed by atoms with Crippen LogP contribution < -0.4 is 4.74 Å². The van der Waals surface area contributed by atoms with E-state index in [1.807, 2.05) is 12.1 Å². The molecule has 92 valence electrons. The second kappa shape index (κ2) is 5.82. The molecule has 1 aliphatic rings. The SMILES string of the molecule is COc1ccc(CN2CCCCC(=O)C2)cc1. The molecule has 0 N–H and O–H groups in total. The van der Waals surface area contributed by atoms with Crippen molar-refractivity contribution in [3.63, 3.8) is 0 Å². The molecule has 17 heavy (non-hydrogen) atoms. The van der Waals surface area contributed by atoms with Crippen molar-refractivity contribution in [1.29, 1.82) is 0 Å². The van der Waals surface area contributed by atoms with E-state index in [-0.39, 0.29) is 0 Å². The summed E-state index contributed by atoms with van der Waals surface area (Å²) >= 11 is 0. The number of nitrogens with zero attached hydrogens (tertiary/aromatic N) is 1. The highest BCUT2D eigenvalue weighted by atomic mass is 16.5. The third-order valence-corrected chi connectivity index (χ3v) is 3.15. The minimum absolute atomic E-state index is 0.371. The largest absolute Gasteiger partial charge is 0.497 e. The Labute approximate surface area is 102 Å². The highest BCUT2D eigenvalue weighted by molar-refractivity contribution is 5.80. The zero-order valence-electron chi connectivity index (χ0n) is 10.3. The topological polar surface area (TPSA) is 29.5 Å². The molecule has 1 aromatic carbocycles. The first kappa shape index (κ1) is 12.1. The average Bonchev–Trinajstić information content (AvgIpc) is 2.55. The van der Waals surface area contributed by atoms with Gasteiger partial charge in [-0.1, -0.05) is 12.1 Å². The van der Waals surface area contributed by atoms with Crippen LogP contribution in [-0.2, 0) is 11.3 Å². The van der Waals surface area contributed by atoms with Gasteiger partial charge in [-0.15, -0.1) is 0 Å². The maximum atomic E-state index is 11.5. The van der Waals surface area contributed by atoms with Crippen molar-refractivity contribution in [3.8, 4) is 5.75 Å². The molecule has 0 amide bonds. The minimum atomic E-state index is 0.371. The van der Waals surface area contributed by atoms with Gasteiger partial charge in [-0.05, 0) is 37.1 Å². The molecule has 3 heteroatoms. The molecule has 2 rings (SSSR count). The van der Waals surface area contributed by atoms with Crippen molar-refractivity contribution in [2.24, 2.45) is 0 Å². The molecular weight excluding hydrogens is 214 g/mol. The van der Waals surface area contributed by atoms with Gasteiger partial charge in [0.1, 0.15) is 11.5 Å². The number of hydrogen-bond donors (Lipinski definition) is 0. The minimum Gasteiger partial charge on any atom is -0.497 e. The summed E-state index contributed by atoms with van der Waals surface area (Å²) in [5.41, 5.74) is 1.24. The van der Waals surface area contributed by atoms with E-state index < -0.39 is 0 Å². The van der Waals surface area contributed by atoms with Crippen LogP contribution in [0.2, 0.25) is 0 Å². The Morgan fingerprint density at radius 1 is 1.24 bits per heavy atom. The first-order valence-electron chi connectivity index (χ1n) is 6.15. The molecule has 1 heterocycles. The summed E-state index contributed by atoms with van der Waals surface area (Å²) in [6.07, 6.45) is 2.92. The maximum Gasteiger partial charge on any atom is 0.146 e. The molecular formula is C14H19NO2. The normalized spacial score (nSPS) is 17.8. The molecule has 1 fully saturated rings. The number of ketones is 1. The lowest BCUT2D eigenvalue weighted by molar-refractivity contribution is -0.119. The Bertz CT molecular complexity index is 372. The number of carbonyl (C=O) groups excluding carboxylic acids is 1. The lowest BCUT2D eigenvalue weighted by Gasteiger charge is -2.19. The standard InChI is InChI=1S/C14H19NO2/c1-17-14-7-5-12(6-8-14)10-15-9-3-2-4-13(16)11-15/h5-8H,2-4,9-11H2,1H3. The maximum absolute atomic E-state index is 11.5. The molecule has 0 atom stereocenters. The molecule has 0 bridgehead atoms. The molecule has 0 spiro atoms. The number of hydrogen-bond acceptors (Lipinski definition) is 3. The van der Waals surface area contributed by atoms with Crippen molar-refractivity contribution >= 4 is 5.78 Å². The fourth-order valence-electron chi connectivity index (χ4n) is 2.19. The number of rotatable bonds is 3. The number of Topliss-reactive ketones (excluding diaryl/α,β-unsaturated/α-hetero) is 1. The van der Waals surface area contributed by atoms with Crippen LogP contribution in [-0.4, -0.2) is 30.9 Å². The lowest BCUT2D eigenvalue weighted by atomic mass is 10.2. The van der Waals surface area contributed by atoms with E-state index in [0.29, 0.717) is 12.3 Å². The van der Waals surface area contributed by atoms with Crippen molar-refractivity contribution in [2.75, 3.05) is 20.2 Å². The van der Waals surface area contributed by atoms with Crippen LogP contribution in [0.5, 0.6) is 5.75 Å². The van der Waals surface area contributed by atoms with Crippen LogP contribution in [0.1, 0.15) is 24.8 Å². The molecule has 0 saturated carbocycles. The smallest absolute Gasteiger partial charge is 0.146 e. The Morgan fingerprint density at radius 2 is 2.00 bits per heavy atom. The summed E-state index contributed by atoms with van der Waals surface area (Å²) in [7, 11) is 1.67. The fraction of sp³-hybridized carbons (Fsp3) is 0.500. The van der Waals surface area contributed by atoms with Crippen LogP contribution in [0.3, 0.4) is 0 Å². The van der Waals surface area contributed by atoms with E-state index >= 15 is 0 Å². The van der Waals surface area contributed by atoms with E-state index in [1.54, 1.807) is 7.11 Å². The second-order valence-electron chi connectivity index (χ2n) is 4.55. The van der Waals surface area contributed by atoms with Crippen LogP contribution in [0, 0.1) is 0 Å². The fourth-order valence-corrected chi connectivity index (χ4v) is 2.19. The Kier molecular flexibility index (Phi) is 4.15. The van der Waals surface area contributed by atoms with Crippen molar-refractivity contribution in [3.05, 3.63) is 29.8 Å². The summed E-state index contributed by atoms with van der Waals surface area (Å²) in [5, 5.41) is 0. The number of ether oxygens (including phenoxy) is 1. The van der Waals surface area contributed by atoms with Crippen molar-refractivity contribution in [2.45, 2.75) is 25.8 Å². The molecule has 0 aromatic heterocycles. The highest BCUT2D eigenvalue weighted by Crippen LogP contribution is 2.15. The van der Waals surface area contributed by atoms with Gasteiger partial charge < -0.3 is 4.74 Å². The quantitative estimate of drug-likeness (QED) is 0.802. The van der Waals surface area contributed by atoms with Crippen LogP contribution >= 0.6 is 0 Å². The van der Waals surface area contributed by atoms with E-state index in [2.05, 4.69) is 17.0 Å². The molecule has 0 aliphatic carbocycles. The highest BCUT2D eigenvalue weighted by Gasteiger charge is 2.14. The van der Waals surface area contributed by atoms with Crippen LogP contribution in [0.25, 0.3) is 0 Å². The van der Waals surface area contributed by atoms with Gasteiger partial charge in [0.2, 0.25) is 0 Å². The van der Waals surface area contributed by atoms with Crippen LogP contribution in [0.4, 0.5) is 0 Å². The van der Waals surface area contributed by atoms with E-state index in [0.717, 1.165) is 38.1 Å². The molecule has 0 radical (unpaired) electrons. The summed E-state index contributed by atoms with van der Waals surface area (Å²) in [4.78, 5) is 13.8. The lowest BCUT2D eigenvalue weighted by Crippen LogP contribution is -2.27. The number of methoxy groups -OCH3 is 1. The van der Waals surface area contributed by atoms with Gasteiger partial charge in [0.15, 0.2) is 0 Å². The average molecular weight is 233 g/mol. The first-order valence-corrected chi connectivity index (χ1v) is 6.15. The van der Waals surface area contributed by atoms with E-state index in [4.69, 9.17) is 4.74 Å². The summed E-state index contributed by atoms with van der Waals surface area (Å²) in [6, 6.07) is 8.06. The Morgan fingerprint density at radius 3 is 2.71 bits per heavy atom. The molecule has 1 saturated heterocycles. The molecule has 3 nitrogen and oxygen atoms in total. The zero-order chi connectivity index (χ0) is 12.1. The predicted octanol–water partition coefficient (Wildman–Crippen LogP) is 2.25. The van der Waals surface area contributed by atoms with Gasteiger partial charge in [-0.2, -0.15) is 0 Å². The number of carbonyl (C=O) groups is 1. The van der Waals surface area contributed by atoms with Gasteiger partial charge in [-0.3, -0.25) is 9.69 Å².